The van der Waals surface area contributed by atoms with Crippen LogP contribution in [-0.4, -0.2) is 21.6 Å². The highest BCUT2D eigenvalue weighted by atomic mass is 79.9. The van der Waals surface area contributed by atoms with Gasteiger partial charge in [-0.05, 0) is 41.7 Å². The van der Waals surface area contributed by atoms with Crippen LogP contribution in [0.1, 0.15) is 42.8 Å². The zero-order chi connectivity index (χ0) is 10.8. The Labute approximate surface area is 97.1 Å². The summed E-state index contributed by atoms with van der Waals surface area (Å²) in [6.07, 6.45) is 3.97. The Balaban J connectivity index is 2.23. The van der Waals surface area contributed by atoms with E-state index in [0.29, 0.717) is 24.6 Å². The molecule has 0 unspecified atom stereocenters. The largest absolute Gasteiger partial charge is 0.387 e. The van der Waals surface area contributed by atoms with Crippen LogP contribution in [0.3, 0.4) is 0 Å². The van der Waals surface area contributed by atoms with Gasteiger partial charge in [-0.25, -0.2) is 9.97 Å². The number of hydrogen-bond donors (Lipinski definition) is 2. The van der Waals surface area contributed by atoms with E-state index in [2.05, 4.69) is 25.9 Å². The Morgan fingerprint density at radius 2 is 2.33 bits per heavy atom. The van der Waals surface area contributed by atoms with Crippen molar-refractivity contribution in [1.82, 2.24) is 9.97 Å². The van der Waals surface area contributed by atoms with Gasteiger partial charge in [0.1, 0.15) is 5.82 Å². The van der Waals surface area contributed by atoms with Crippen molar-refractivity contribution in [1.29, 1.82) is 0 Å². The van der Waals surface area contributed by atoms with Crippen molar-refractivity contribution < 1.29 is 5.11 Å². The standard InChI is InChI=1S/C10H14BrN3O/c11-7-5-13-10(6-1-2-6)14-9(7)8(15)3-4-12/h5-6,8,15H,1-4,12H2/t8-/m0/s1. The Morgan fingerprint density at radius 3 is 2.93 bits per heavy atom. The fourth-order valence-electron chi connectivity index (χ4n) is 1.46. The molecule has 4 nitrogen and oxygen atoms in total. The third-order valence-electron chi connectivity index (χ3n) is 2.49. The van der Waals surface area contributed by atoms with E-state index in [1.54, 1.807) is 6.20 Å². The molecule has 0 saturated heterocycles. The molecule has 1 aromatic rings. The van der Waals surface area contributed by atoms with E-state index in [1.807, 2.05) is 0 Å². The summed E-state index contributed by atoms with van der Waals surface area (Å²) in [5, 5.41) is 9.83. The van der Waals surface area contributed by atoms with E-state index in [4.69, 9.17) is 5.73 Å². The molecule has 15 heavy (non-hydrogen) atoms. The number of aliphatic hydroxyl groups excluding tert-OH is 1. The smallest absolute Gasteiger partial charge is 0.131 e. The van der Waals surface area contributed by atoms with Gasteiger partial charge in [-0.3, -0.25) is 0 Å². The molecular formula is C10H14BrN3O. The maximum atomic E-state index is 9.83. The second kappa shape index (κ2) is 4.55. The third kappa shape index (κ3) is 2.53. The highest BCUT2D eigenvalue weighted by Gasteiger charge is 2.27. The molecule has 0 bridgehead atoms. The lowest BCUT2D eigenvalue weighted by Gasteiger charge is -2.11. The minimum atomic E-state index is -0.593. The summed E-state index contributed by atoms with van der Waals surface area (Å²) in [4.78, 5) is 8.63. The highest BCUT2D eigenvalue weighted by Crippen LogP contribution is 2.38. The normalized spacial score (nSPS) is 17.8. The van der Waals surface area contributed by atoms with Crippen molar-refractivity contribution in [3.63, 3.8) is 0 Å². The van der Waals surface area contributed by atoms with Gasteiger partial charge in [-0.2, -0.15) is 0 Å². The van der Waals surface area contributed by atoms with Gasteiger partial charge >= 0.3 is 0 Å². The third-order valence-corrected chi connectivity index (χ3v) is 3.10. The number of nitrogens with zero attached hydrogens (tertiary/aromatic N) is 2. The first-order valence-electron chi connectivity index (χ1n) is 5.13. The monoisotopic (exact) mass is 271 g/mol. The van der Waals surface area contributed by atoms with Gasteiger partial charge in [0.2, 0.25) is 0 Å². The van der Waals surface area contributed by atoms with Gasteiger partial charge in [0, 0.05) is 12.1 Å². The fourth-order valence-corrected chi connectivity index (χ4v) is 1.92. The van der Waals surface area contributed by atoms with Crippen LogP contribution in [0.5, 0.6) is 0 Å². The van der Waals surface area contributed by atoms with Crippen molar-refractivity contribution in [3.05, 3.63) is 22.2 Å². The molecule has 3 N–H and O–H groups in total. The molecule has 1 aliphatic rings. The quantitative estimate of drug-likeness (QED) is 0.871. The molecule has 1 heterocycles. The lowest BCUT2D eigenvalue weighted by Crippen LogP contribution is -2.10. The molecule has 1 atom stereocenters. The summed E-state index contributed by atoms with van der Waals surface area (Å²) >= 11 is 3.34. The van der Waals surface area contributed by atoms with Crippen molar-refractivity contribution in [2.45, 2.75) is 31.3 Å². The SMILES string of the molecule is NCC[C@H](O)c1nc(C2CC2)ncc1Br. The van der Waals surface area contributed by atoms with E-state index >= 15 is 0 Å². The zero-order valence-corrected chi connectivity index (χ0v) is 9.94. The second-order valence-corrected chi connectivity index (χ2v) is 4.68. The van der Waals surface area contributed by atoms with E-state index in [-0.39, 0.29) is 0 Å². The van der Waals surface area contributed by atoms with Crippen LogP contribution < -0.4 is 5.73 Å². The first kappa shape index (κ1) is 11.0. The number of nitrogens with two attached hydrogens (primary N) is 1. The van der Waals surface area contributed by atoms with Crippen LogP contribution in [0.25, 0.3) is 0 Å². The molecule has 0 radical (unpaired) electrons. The Kier molecular flexibility index (Phi) is 3.33. The summed E-state index contributed by atoms with van der Waals surface area (Å²) in [7, 11) is 0. The molecule has 0 aromatic carbocycles. The van der Waals surface area contributed by atoms with Gasteiger partial charge in [0.15, 0.2) is 0 Å². The Bertz CT molecular complexity index is 355. The highest BCUT2D eigenvalue weighted by molar-refractivity contribution is 9.10. The number of aliphatic hydroxyl groups is 1. The molecule has 1 aliphatic carbocycles. The second-order valence-electron chi connectivity index (χ2n) is 3.83. The summed E-state index contributed by atoms with van der Waals surface area (Å²) in [6.45, 7) is 0.455. The molecule has 0 aliphatic heterocycles. The number of hydrogen-bond acceptors (Lipinski definition) is 4. The van der Waals surface area contributed by atoms with Crippen LogP contribution in [-0.2, 0) is 0 Å². The summed E-state index contributed by atoms with van der Waals surface area (Å²) in [5.74, 6) is 1.35. The first-order valence-corrected chi connectivity index (χ1v) is 5.92. The Morgan fingerprint density at radius 1 is 1.60 bits per heavy atom. The summed E-state index contributed by atoms with van der Waals surface area (Å²) < 4.78 is 0.757. The molecule has 0 spiro atoms. The van der Waals surface area contributed by atoms with Crippen molar-refractivity contribution in [3.8, 4) is 0 Å². The van der Waals surface area contributed by atoms with Crippen LogP contribution in [0.4, 0.5) is 0 Å². The van der Waals surface area contributed by atoms with E-state index < -0.39 is 6.10 Å². The van der Waals surface area contributed by atoms with Gasteiger partial charge < -0.3 is 10.8 Å². The maximum absolute atomic E-state index is 9.83. The Hall–Kier alpha value is -0.520. The van der Waals surface area contributed by atoms with Crippen LogP contribution in [0, 0.1) is 0 Å². The molecule has 82 valence electrons. The average Bonchev–Trinajstić information content (AvgIpc) is 3.02. The van der Waals surface area contributed by atoms with Crippen molar-refractivity contribution >= 4 is 15.9 Å². The minimum Gasteiger partial charge on any atom is -0.387 e. The van der Waals surface area contributed by atoms with Gasteiger partial charge in [0.05, 0.1) is 16.3 Å². The summed E-state index contributed by atoms with van der Waals surface area (Å²) in [6, 6.07) is 0. The predicted molar refractivity (Wildman–Crippen MR) is 60.3 cm³/mol. The first-order chi connectivity index (χ1) is 7.22. The summed E-state index contributed by atoms with van der Waals surface area (Å²) in [5.41, 5.74) is 6.07. The number of halogens is 1. The molecule has 1 saturated carbocycles. The van der Waals surface area contributed by atoms with Gasteiger partial charge in [-0.1, -0.05) is 0 Å². The predicted octanol–water partition coefficient (Wildman–Crippen LogP) is 1.50. The van der Waals surface area contributed by atoms with E-state index in [1.165, 1.54) is 0 Å². The van der Waals surface area contributed by atoms with Crippen molar-refractivity contribution in [2.24, 2.45) is 5.73 Å². The van der Waals surface area contributed by atoms with Crippen LogP contribution in [0.2, 0.25) is 0 Å². The fraction of sp³-hybridized carbons (Fsp3) is 0.600. The molecular weight excluding hydrogens is 258 g/mol. The van der Waals surface area contributed by atoms with Gasteiger partial charge in [-0.15, -0.1) is 0 Å². The average molecular weight is 272 g/mol. The lowest BCUT2D eigenvalue weighted by atomic mass is 10.2. The maximum Gasteiger partial charge on any atom is 0.131 e. The lowest BCUT2D eigenvalue weighted by molar-refractivity contribution is 0.164. The molecule has 0 amide bonds. The molecule has 1 fully saturated rings. The number of aromatic nitrogens is 2. The van der Waals surface area contributed by atoms with E-state index in [9.17, 15) is 5.11 Å². The zero-order valence-electron chi connectivity index (χ0n) is 8.36. The number of rotatable bonds is 4. The molecule has 5 heteroatoms. The minimum absolute atomic E-state index is 0.455. The van der Waals surface area contributed by atoms with Crippen LogP contribution >= 0.6 is 15.9 Å². The molecule has 1 aromatic heterocycles. The molecule has 2 rings (SSSR count). The van der Waals surface area contributed by atoms with Crippen molar-refractivity contribution in [2.75, 3.05) is 6.54 Å². The topological polar surface area (TPSA) is 72.0 Å². The van der Waals surface area contributed by atoms with Gasteiger partial charge in [0.25, 0.3) is 0 Å². The van der Waals surface area contributed by atoms with E-state index in [0.717, 1.165) is 23.1 Å². The van der Waals surface area contributed by atoms with Crippen LogP contribution in [0.15, 0.2) is 10.7 Å².